The molecule has 1 aromatic carbocycles. The zero-order valence-corrected chi connectivity index (χ0v) is 12.3. The molecular weight excluding hydrogens is 258 g/mol. The van der Waals surface area contributed by atoms with Crippen LogP contribution in [0.15, 0.2) is 52.6 Å². The lowest BCUT2D eigenvalue weighted by Crippen LogP contribution is -2.04. The summed E-state index contributed by atoms with van der Waals surface area (Å²) < 4.78 is 0. The van der Waals surface area contributed by atoms with Crippen molar-refractivity contribution < 1.29 is 4.79 Å². The average Bonchev–Trinajstić information content (AvgIpc) is 2.99. The molecule has 21 heavy (non-hydrogen) atoms. The Morgan fingerprint density at radius 2 is 1.95 bits per heavy atom. The van der Waals surface area contributed by atoms with Crippen molar-refractivity contribution in [2.45, 2.75) is 39.0 Å². The third-order valence-corrected chi connectivity index (χ3v) is 4.95. The molecule has 106 valence electrons. The molecule has 0 unspecified atom stereocenters. The maximum absolute atomic E-state index is 12.2. The lowest BCUT2D eigenvalue weighted by molar-refractivity contribution is -0.110. The quantitative estimate of drug-likeness (QED) is 0.746. The van der Waals surface area contributed by atoms with E-state index in [9.17, 15) is 4.79 Å². The van der Waals surface area contributed by atoms with Gasteiger partial charge in [0.25, 0.3) is 5.91 Å². The summed E-state index contributed by atoms with van der Waals surface area (Å²) in [6.45, 7) is 2.22. The van der Waals surface area contributed by atoms with Gasteiger partial charge in [0.05, 0.1) is 0 Å². The molecule has 1 aliphatic heterocycles. The predicted molar refractivity (Wildman–Crippen MR) is 85.9 cm³/mol. The van der Waals surface area contributed by atoms with Crippen LogP contribution in [0.3, 0.4) is 0 Å². The highest BCUT2D eigenvalue weighted by Crippen LogP contribution is 2.42. The van der Waals surface area contributed by atoms with Gasteiger partial charge in [-0.3, -0.25) is 4.79 Å². The van der Waals surface area contributed by atoms with Crippen LogP contribution in [0.2, 0.25) is 0 Å². The van der Waals surface area contributed by atoms with Crippen LogP contribution in [0.5, 0.6) is 0 Å². The highest BCUT2D eigenvalue weighted by Gasteiger charge is 2.27. The summed E-state index contributed by atoms with van der Waals surface area (Å²) in [5, 5.41) is 2.96. The number of para-hydroxylation sites is 1. The van der Waals surface area contributed by atoms with Crippen molar-refractivity contribution in [3.8, 4) is 0 Å². The molecule has 1 amide bonds. The number of hydrogen-bond acceptors (Lipinski definition) is 1. The summed E-state index contributed by atoms with van der Waals surface area (Å²) in [4.78, 5) is 12.2. The van der Waals surface area contributed by atoms with Crippen LogP contribution in [0.25, 0.3) is 5.57 Å². The molecule has 1 aromatic rings. The van der Waals surface area contributed by atoms with Crippen molar-refractivity contribution in [2.24, 2.45) is 0 Å². The highest BCUT2D eigenvalue weighted by molar-refractivity contribution is 6.31. The van der Waals surface area contributed by atoms with E-state index in [0.717, 1.165) is 23.2 Å². The summed E-state index contributed by atoms with van der Waals surface area (Å²) in [5.74, 6) is 0.0290. The molecule has 2 heteroatoms. The molecule has 3 aliphatic rings. The molecule has 0 fully saturated rings. The largest absolute Gasteiger partial charge is 0.321 e. The molecule has 0 radical (unpaired) electrons. The van der Waals surface area contributed by atoms with Crippen molar-refractivity contribution in [1.82, 2.24) is 0 Å². The van der Waals surface area contributed by atoms with Gasteiger partial charge >= 0.3 is 0 Å². The molecule has 4 rings (SSSR count). The SMILES string of the molecule is CC1=C(C=C2C(=O)Nc3ccccc32)CC2=C1CCCC2. The van der Waals surface area contributed by atoms with Crippen LogP contribution in [0.1, 0.15) is 44.6 Å². The molecule has 2 nitrogen and oxygen atoms in total. The Labute approximate surface area is 125 Å². The number of carbonyl (C=O) groups excluding carboxylic acids is 1. The second-order valence-corrected chi connectivity index (χ2v) is 6.17. The second-order valence-electron chi connectivity index (χ2n) is 6.17. The zero-order chi connectivity index (χ0) is 14.4. The highest BCUT2D eigenvalue weighted by atomic mass is 16.2. The Kier molecular flexibility index (Phi) is 2.85. The first-order chi connectivity index (χ1) is 10.2. The summed E-state index contributed by atoms with van der Waals surface area (Å²) in [6, 6.07) is 7.94. The monoisotopic (exact) mass is 277 g/mol. The number of benzene rings is 1. The number of anilines is 1. The number of fused-ring (bicyclic) bond motifs is 1. The maximum atomic E-state index is 12.2. The van der Waals surface area contributed by atoms with Gasteiger partial charge in [-0.25, -0.2) is 0 Å². The van der Waals surface area contributed by atoms with Gasteiger partial charge in [-0.05, 0) is 67.9 Å². The molecule has 0 bridgehead atoms. The number of amides is 1. The maximum Gasteiger partial charge on any atom is 0.256 e. The predicted octanol–water partition coefficient (Wildman–Crippen LogP) is 4.61. The minimum atomic E-state index is 0.0290. The van der Waals surface area contributed by atoms with E-state index in [1.54, 1.807) is 11.1 Å². The van der Waals surface area contributed by atoms with E-state index in [1.807, 2.05) is 24.3 Å². The standard InChI is InChI=1S/C19H19NO/c1-12-14(10-13-6-2-3-7-15(12)13)11-17-16-8-4-5-9-18(16)20-19(17)21/h4-5,8-9,11H,2-3,6-7,10H2,1H3,(H,20,21). The first-order valence-corrected chi connectivity index (χ1v) is 7.77. The van der Waals surface area contributed by atoms with Gasteiger partial charge in [0.1, 0.15) is 0 Å². The molecule has 0 atom stereocenters. The van der Waals surface area contributed by atoms with Crippen LogP contribution in [0, 0.1) is 0 Å². The molecule has 1 N–H and O–H groups in total. The van der Waals surface area contributed by atoms with Crippen LogP contribution in [-0.2, 0) is 4.79 Å². The zero-order valence-electron chi connectivity index (χ0n) is 12.3. The van der Waals surface area contributed by atoms with Gasteiger partial charge in [-0.2, -0.15) is 0 Å². The van der Waals surface area contributed by atoms with E-state index in [2.05, 4.69) is 18.3 Å². The lowest BCUT2D eigenvalue weighted by Gasteiger charge is -2.14. The van der Waals surface area contributed by atoms with Gasteiger partial charge in [0.2, 0.25) is 0 Å². The third kappa shape index (κ3) is 1.98. The Balaban J connectivity index is 1.73. The van der Waals surface area contributed by atoms with Crippen molar-refractivity contribution in [2.75, 3.05) is 5.32 Å². The number of hydrogen-bond donors (Lipinski definition) is 1. The van der Waals surface area contributed by atoms with E-state index >= 15 is 0 Å². The summed E-state index contributed by atoms with van der Waals surface area (Å²) >= 11 is 0. The smallest absolute Gasteiger partial charge is 0.256 e. The third-order valence-electron chi connectivity index (χ3n) is 4.95. The number of carbonyl (C=O) groups is 1. The van der Waals surface area contributed by atoms with E-state index in [-0.39, 0.29) is 5.91 Å². The Morgan fingerprint density at radius 1 is 1.14 bits per heavy atom. The molecule has 2 aliphatic carbocycles. The number of rotatable bonds is 1. The fourth-order valence-electron chi connectivity index (χ4n) is 3.79. The van der Waals surface area contributed by atoms with Crippen molar-refractivity contribution in [3.05, 3.63) is 58.2 Å². The fourth-order valence-corrected chi connectivity index (χ4v) is 3.79. The van der Waals surface area contributed by atoms with E-state index < -0.39 is 0 Å². The van der Waals surface area contributed by atoms with E-state index in [4.69, 9.17) is 0 Å². The Hall–Kier alpha value is -2.09. The summed E-state index contributed by atoms with van der Waals surface area (Å²) in [7, 11) is 0. The van der Waals surface area contributed by atoms with Crippen LogP contribution < -0.4 is 5.32 Å². The normalized spacial score (nSPS) is 22.7. The molecule has 0 saturated heterocycles. The van der Waals surface area contributed by atoms with E-state index in [0.29, 0.717) is 0 Å². The molecular formula is C19H19NO. The van der Waals surface area contributed by atoms with Crippen molar-refractivity contribution in [1.29, 1.82) is 0 Å². The second kappa shape index (κ2) is 4.73. The van der Waals surface area contributed by atoms with Gasteiger partial charge in [0, 0.05) is 16.8 Å². The number of allylic oxidation sites excluding steroid dienone is 5. The topological polar surface area (TPSA) is 29.1 Å². The Morgan fingerprint density at radius 3 is 2.81 bits per heavy atom. The van der Waals surface area contributed by atoms with Crippen LogP contribution in [0.4, 0.5) is 5.69 Å². The molecule has 1 heterocycles. The minimum Gasteiger partial charge on any atom is -0.321 e. The summed E-state index contributed by atoms with van der Waals surface area (Å²) in [6.07, 6.45) is 8.25. The van der Waals surface area contributed by atoms with Crippen molar-refractivity contribution >= 4 is 17.2 Å². The minimum absolute atomic E-state index is 0.0290. The van der Waals surface area contributed by atoms with Gasteiger partial charge in [0.15, 0.2) is 0 Å². The number of nitrogens with one attached hydrogen (secondary N) is 1. The Bertz CT molecular complexity index is 734. The molecule has 0 saturated carbocycles. The fraction of sp³-hybridized carbons (Fsp3) is 0.316. The molecule has 0 spiro atoms. The van der Waals surface area contributed by atoms with Gasteiger partial charge in [-0.1, -0.05) is 23.8 Å². The summed E-state index contributed by atoms with van der Waals surface area (Å²) in [5.41, 5.74) is 8.71. The lowest BCUT2D eigenvalue weighted by atomic mass is 9.91. The average molecular weight is 277 g/mol. The van der Waals surface area contributed by atoms with Crippen molar-refractivity contribution in [3.63, 3.8) is 0 Å². The van der Waals surface area contributed by atoms with Gasteiger partial charge in [-0.15, -0.1) is 0 Å². The van der Waals surface area contributed by atoms with Crippen LogP contribution >= 0.6 is 0 Å². The molecule has 0 aromatic heterocycles. The first-order valence-electron chi connectivity index (χ1n) is 7.77. The van der Waals surface area contributed by atoms with E-state index in [1.165, 1.54) is 36.8 Å². The van der Waals surface area contributed by atoms with Crippen LogP contribution in [-0.4, -0.2) is 5.91 Å². The van der Waals surface area contributed by atoms with Gasteiger partial charge < -0.3 is 5.32 Å². The first kappa shape index (κ1) is 12.6.